The molecule has 1 unspecified atom stereocenters. The second kappa shape index (κ2) is 4.64. The van der Waals surface area contributed by atoms with Crippen LogP contribution in [0.4, 0.5) is 5.69 Å². The highest BCUT2D eigenvalue weighted by molar-refractivity contribution is 6.30. The van der Waals surface area contributed by atoms with Crippen molar-refractivity contribution in [3.8, 4) is 0 Å². The molecule has 2 aromatic rings. The molecule has 2 nitrogen and oxygen atoms in total. The molecule has 0 fully saturated rings. The molecule has 0 amide bonds. The van der Waals surface area contributed by atoms with Gasteiger partial charge >= 0.3 is 0 Å². The van der Waals surface area contributed by atoms with Crippen molar-refractivity contribution < 1.29 is 0 Å². The van der Waals surface area contributed by atoms with Gasteiger partial charge in [0.15, 0.2) is 0 Å². The zero-order valence-electron chi connectivity index (χ0n) is 11.1. The minimum absolute atomic E-state index is 0.556. The third kappa shape index (κ3) is 1.92. The number of rotatable bonds is 1. The molecule has 1 atom stereocenters. The molecule has 3 heteroatoms. The first-order chi connectivity index (χ1) is 9.81. The normalized spacial score (nSPS) is 20.4. The number of hydrogen-bond acceptors (Lipinski definition) is 2. The molecule has 2 aromatic carbocycles. The molecule has 2 aliphatic rings. The first-order valence-corrected chi connectivity index (χ1v) is 7.39. The van der Waals surface area contributed by atoms with Crippen LogP contribution < -0.4 is 5.01 Å². The largest absolute Gasteiger partial charge is 0.265 e. The smallest absolute Gasteiger partial charge is 0.0734 e. The maximum Gasteiger partial charge on any atom is 0.0734 e. The molecule has 0 saturated carbocycles. The molecule has 0 aromatic heterocycles. The number of nitrogens with zero attached hydrogens (tertiary/aromatic N) is 2. The Bertz CT molecular complexity index is 676. The second-order valence-corrected chi connectivity index (χ2v) is 5.87. The Kier molecular flexibility index (Phi) is 2.78. The zero-order valence-corrected chi connectivity index (χ0v) is 11.8. The van der Waals surface area contributed by atoms with Crippen LogP contribution in [0.15, 0.2) is 53.6 Å². The van der Waals surface area contributed by atoms with Gasteiger partial charge in [-0.3, -0.25) is 5.01 Å². The van der Waals surface area contributed by atoms with Gasteiger partial charge in [0.2, 0.25) is 0 Å². The highest BCUT2D eigenvalue weighted by atomic mass is 35.5. The first-order valence-electron chi connectivity index (χ1n) is 7.01. The van der Waals surface area contributed by atoms with E-state index in [1.54, 1.807) is 0 Å². The van der Waals surface area contributed by atoms with E-state index in [1.165, 1.54) is 23.3 Å². The van der Waals surface area contributed by atoms with E-state index < -0.39 is 0 Å². The molecule has 1 heterocycles. The second-order valence-electron chi connectivity index (χ2n) is 5.44. The van der Waals surface area contributed by atoms with Crippen molar-refractivity contribution in [1.82, 2.24) is 0 Å². The van der Waals surface area contributed by atoms with Crippen molar-refractivity contribution in [1.29, 1.82) is 0 Å². The number of halogens is 1. The lowest BCUT2D eigenvalue weighted by Gasteiger charge is -2.21. The Labute approximate surface area is 123 Å². The van der Waals surface area contributed by atoms with Crippen molar-refractivity contribution in [3.05, 3.63) is 64.7 Å². The summed E-state index contributed by atoms with van der Waals surface area (Å²) < 4.78 is 0. The summed E-state index contributed by atoms with van der Waals surface area (Å²) in [6.45, 7) is 0.977. The Balaban J connectivity index is 1.72. The van der Waals surface area contributed by atoms with Gasteiger partial charge in [0.1, 0.15) is 0 Å². The van der Waals surface area contributed by atoms with Crippen LogP contribution in [-0.4, -0.2) is 12.3 Å². The lowest BCUT2D eigenvalue weighted by molar-refractivity contribution is 0.630. The Morgan fingerprint density at radius 2 is 1.85 bits per heavy atom. The Morgan fingerprint density at radius 3 is 2.70 bits per heavy atom. The molecule has 20 heavy (non-hydrogen) atoms. The number of hydrogen-bond donors (Lipinski definition) is 0. The van der Waals surface area contributed by atoms with Crippen molar-refractivity contribution >= 4 is 23.0 Å². The molecule has 0 radical (unpaired) electrons. The number of fused-ring (bicyclic) bond motifs is 3. The standard InChI is InChI=1S/C17H15ClN2/c18-14-7-9-15(10-8-14)20-11-13-6-5-12-3-1-2-4-16(12)17(13)19-20/h1-4,7-10,13H,5-6,11H2. The van der Waals surface area contributed by atoms with Crippen LogP contribution in [0, 0.1) is 5.92 Å². The monoisotopic (exact) mass is 282 g/mol. The van der Waals surface area contributed by atoms with Gasteiger partial charge in [-0.05, 0) is 42.7 Å². The van der Waals surface area contributed by atoms with Gasteiger partial charge in [-0.25, -0.2) is 0 Å². The van der Waals surface area contributed by atoms with E-state index in [-0.39, 0.29) is 0 Å². The number of benzene rings is 2. The molecular formula is C17H15ClN2. The summed E-state index contributed by atoms with van der Waals surface area (Å²) in [5, 5.41) is 7.73. The van der Waals surface area contributed by atoms with Gasteiger partial charge in [0.05, 0.1) is 17.9 Å². The summed E-state index contributed by atoms with van der Waals surface area (Å²) in [6.07, 6.45) is 2.36. The van der Waals surface area contributed by atoms with E-state index in [2.05, 4.69) is 29.3 Å². The number of anilines is 1. The number of hydrazone groups is 1. The van der Waals surface area contributed by atoms with Gasteiger partial charge in [-0.2, -0.15) is 5.10 Å². The Morgan fingerprint density at radius 1 is 1.05 bits per heavy atom. The van der Waals surface area contributed by atoms with Crippen LogP contribution >= 0.6 is 11.6 Å². The zero-order chi connectivity index (χ0) is 13.5. The molecule has 1 aliphatic heterocycles. The average molecular weight is 283 g/mol. The molecular weight excluding hydrogens is 268 g/mol. The fraction of sp³-hybridized carbons (Fsp3) is 0.235. The van der Waals surface area contributed by atoms with Crippen LogP contribution in [0.2, 0.25) is 5.02 Å². The highest BCUT2D eigenvalue weighted by Gasteiger charge is 2.32. The third-order valence-electron chi connectivity index (χ3n) is 4.19. The van der Waals surface area contributed by atoms with Crippen LogP contribution in [0.25, 0.3) is 0 Å². The molecule has 0 bridgehead atoms. The topological polar surface area (TPSA) is 15.6 Å². The Hall–Kier alpha value is -1.80. The summed E-state index contributed by atoms with van der Waals surface area (Å²) in [4.78, 5) is 0. The highest BCUT2D eigenvalue weighted by Crippen LogP contribution is 2.33. The average Bonchev–Trinajstić information content (AvgIpc) is 2.92. The summed E-state index contributed by atoms with van der Waals surface area (Å²) in [5.74, 6) is 0.556. The van der Waals surface area contributed by atoms with E-state index in [1.807, 2.05) is 24.3 Å². The SMILES string of the molecule is Clc1ccc(N2CC3CCc4ccccc4C3=N2)cc1. The molecule has 4 rings (SSSR count). The van der Waals surface area contributed by atoms with Gasteiger partial charge in [-0.1, -0.05) is 35.9 Å². The summed E-state index contributed by atoms with van der Waals surface area (Å²) in [5.41, 5.74) is 5.14. The van der Waals surface area contributed by atoms with Gasteiger partial charge in [0.25, 0.3) is 0 Å². The quantitative estimate of drug-likeness (QED) is 0.768. The van der Waals surface area contributed by atoms with Crippen LogP contribution in [0.1, 0.15) is 17.5 Å². The molecule has 0 spiro atoms. The van der Waals surface area contributed by atoms with E-state index in [9.17, 15) is 0 Å². The van der Waals surface area contributed by atoms with E-state index in [0.717, 1.165) is 23.7 Å². The van der Waals surface area contributed by atoms with Gasteiger partial charge < -0.3 is 0 Å². The molecule has 100 valence electrons. The number of aryl methyl sites for hydroxylation is 1. The van der Waals surface area contributed by atoms with Crippen molar-refractivity contribution in [3.63, 3.8) is 0 Å². The molecule has 0 saturated heterocycles. The van der Waals surface area contributed by atoms with E-state index in [0.29, 0.717) is 5.92 Å². The predicted molar refractivity (Wildman–Crippen MR) is 83.6 cm³/mol. The predicted octanol–water partition coefficient (Wildman–Crippen LogP) is 4.13. The maximum absolute atomic E-state index is 5.95. The minimum atomic E-state index is 0.556. The van der Waals surface area contributed by atoms with Crippen LogP contribution in [0.3, 0.4) is 0 Å². The van der Waals surface area contributed by atoms with Crippen molar-refractivity contribution in [2.45, 2.75) is 12.8 Å². The van der Waals surface area contributed by atoms with E-state index >= 15 is 0 Å². The first kappa shape index (κ1) is 12.0. The summed E-state index contributed by atoms with van der Waals surface area (Å²) in [6, 6.07) is 16.6. The fourth-order valence-corrected chi connectivity index (χ4v) is 3.27. The van der Waals surface area contributed by atoms with Crippen LogP contribution in [0.5, 0.6) is 0 Å². The minimum Gasteiger partial charge on any atom is -0.265 e. The lowest BCUT2D eigenvalue weighted by atomic mass is 9.83. The van der Waals surface area contributed by atoms with Crippen LogP contribution in [-0.2, 0) is 6.42 Å². The summed E-state index contributed by atoms with van der Waals surface area (Å²) in [7, 11) is 0. The van der Waals surface area contributed by atoms with Crippen molar-refractivity contribution in [2.24, 2.45) is 11.0 Å². The molecule has 0 N–H and O–H groups in total. The fourth-order valence-electron chi connectivity index (χ4n) is 3.14. The lowest BCUT2D eigenvalue weighted by Crippen LogP contribution is -2.24. The van der Waals surface area contributed by atoms with Crippen molar-refractivity contribution in [2.75, 3.05) is 11.6 Å². The van der Waals surface area contributed by atoms with Gasteiger partial charge in [0, 0.05) is 16.5 Å². The van der Waals surface area contributed by atoms with E-state index in [4.69, 9.17) is 16.7 Å². The van der Waals surface area contributed by atoms with Gasteiger partial charge in [-0.15, -0.1) is 0 Å². The maximum atomic E-state index is 5.95. The summed E-state index contributed by atoms with van der Waals surface area (Å²) >= 11 is 5.95. The molecule has 1 aliphatic carbocycles. The third-order valence-corrected chi connectivity index (χ3v) is 4.44.